The summed E-state index contributed by atoms with van der Waals surface area (Å²) in [7, 11) is 0. The highest BCUT2D eigenvalue weighted by molar-refractivity contribution is 6.04. The fourth-order valence-corrected chi connectivity index (χ4v) is 3.46. The van der Waals surface area contributed by atoms with Gasteiger partial charge in [0, 0.05) is 17.4 Å². The number of nitriles is 1. The van der Waals surface area contributed by atoms with Crippen LogP contribution in [0.2, 0.25) is 0 Å². The van der Waals surface area contributed by atoms with Crippen molar-refractivity contribution in [1.82, 2.24) is 5.32 Å². The first kappa shape index (κ1) is 12.3. The summed E-state index contributed by atoms with van der Waals surface area (Å²) in [6.45, 7) is 10.1. The minimum atomic E-state index is -0.469. The van der Waals surface area contributed by atoms with Crippen LogP contribution in [0.15, 0.2) is 11.6 Å². The second-order valence-corrected chi connectivity index (χ2v) is 6.30. The van der Waals surface area contributed by atoms with Crippen molar-refractivity contribution in [2.45, 2.75) is 34.1 Å². The summed E-state index contributed by atoms with van der Waals surface area (Å²) < 4.78 is 0. The Hall–Kier alpha value is -1.14. The lowest BCUT2D eigenvalue weighted by molar-refractivity contribution is -0.140. The molecule has 2 aliphatic rings. The van der Waals surface area contributed by atoms with Crippen molar-refractivity contribution in [3.05, 3.63) is 11.6 Å². The van der Waals surface area contributed by atoms with Crippen LogP contribution in [0.25, 0.3) is 0 Å². The Morgan fingerprint density at radius 2 is 2.00 bits per heavy atom. The molecule has 0 amide bonds. The van der Waals surface area contributed by atoms with Gasteiger partial charge in [0.1, 0.15) is 6.07 Å². The summed E-state index contributed by atoms with van der Waals surface area (Å²) >= 11 is 0. The third kappa shape index (κ3) is 1.34. The monoisotopic (exact) mass is 232 g/mol. The molecule has 2 rings (SSSR count). The van der Waals surface area contributed by atoms with Crippen LogP contribution < -0.4 is 5.32 Å². The molecule has 1 aliphatic heterocycles. The Morgan fingerprint density at radius 3 is 2.59 bits per heavy atom. The molecular weight excluding hydrogens is 212 g/mol. The Morgan fingerprint density at radius 1 is 1.35 bits per heavy atom. The van der Waals surface area contributed by atoms with Gasteiger partial charge < -0.3 is 5.32 Å². The van der Waals surface area contributed by atoms with Crippen LogP contribution in [0.5, 0.6) is 0 Å². The van der Waals surface area contributed by atoms with Crippen molar-refractivity contribution in [2.24, 2.45) is 16.2 Å². The second kappa shape index (κ2) is 3.43. The van der Waals surface area contributed by atoms with E-state index < -0.39 is 5.41 Å². The van der Waals surface area contributed by atoms with Gasteiger partial charge in [0.2, 0.25) is 0 Å². The highest BCUT2D eigenvalue weighted by Gasteiger charge is 2.60. The van der Waals surface area contributed by atoms with Crippen molar-refractivity contribution in [3.63, 3.8) is 0 Å². The van der Waals surface area contributed by atoms with Gasteiger partial charge in [-0.1, -0.05) is 33.8 Å². The number of hydrogen-bond donors (Lipinski definition) is 1. The number of allylic oxidation sites excluding steroid dienone is 1. The molecular formula is C14H20N2O. The first-order chi connectivity index (χ1) is 7.78. The third-order valence-corrected chi connectivity index (χ3v) is 5.33. The van der Waals surface area contributed by atoms with E-state index in [1.54, 1.807) is 0 Å². The molecule has 1 fully saturated rings. The van der Waals surface area contributed by atoms with Crippen molar-refractivity contribution < 1.29 is 4.79 Å². The molecule has 1 saturated heterocycles. The van der Waals surface area contributed by atoms with Gasteiger partial charge in [0.05, 0.1) is 5.57 Å². The topological polar surface area (TPSA) is 52.9 Å². The van der Waals surface area contributed by atoms with Crippen LogP contribution in [-0.4, -0.2) is 18.9 Å². The maximum absolute atomic E-state index is 12.4. The van der Waals surface area contributed by atoms with E-state index in [1.807, 2.05) is 19.9 Å². The van der Waals surface area contributed by atoms with Crippen LogP contribution >= 0.6 is 0 Å². The lowest BCUT2D eigenvalue weighted by Gasteiger charge is -2.58. The van der Waals surface area contributed by atoms with E-state index in [0.717, 1.165) is 19.5 Å². The van der Waals surface area contributed by atoms with Crippen LogP contribution in [0, 0.1) is 27.6 Å². The predicted octanol–water partition coefficient (Wildman–Crippen LogP) is 2.05. The molecule has 2 atom stereocenters. The number of carbonyl (C=O) groups excluding carboxylic acids is 1. The van der Waals surface area contributed by atoms with Crippen molar-refractivity contribution in [2.75, 3.05) is 13.1 Å². The first-order valence-electron chi connectivity index (χ1n) is 6.17. The number of hydrogen-bond acceptors (Lipinski definition) is 3. The molecule has 1 aliphatic carbocycles. The molecule has 0 aromatic carbocycles. The van der Waals surface area contributed by atoms with Gasteiger partial charge >= 0.3 is 0 Å². The van der Waals surface area contributed by atoms with Gasteiger partial charge in [-0.25, -0.2) is 0 Å². The van der Waals surface area contributed by atoms with Gasteiger partial charge in [0.25, 0.3) is 0 Å². The standard InChI is InChI=1S/C14H20N2O/c1-12(2)11(17)10(8-15)7-13(3)9-16-6-5-14(12,13)4/h7,16H,5-6,9H2,1-4H3/t13-,14+/m0/s1. The second-order valence-electron chi connectivity index (χ2n) is 6.30. The first-order valence-corrected chi connectivity index (χ1v) is 6.17. The molecule has 17 heavy (non-hydrogen) atoms. The van der Waals surface area contributed by atoms with Crippen LogP contribution in [-0.2, 0) is 4.79 Å². The molecule has 0 radical (unpaired) electrons. The SMILES string of the molecule is CC1(C)C(=O)C(C#N)=C[C@@]2(C)CNCC[C@]12C. The van der Waals surface area contributed by atoms with Gasteiger partial charge in [-0.05, 0) is 18.4 Å². The lowest BCUT2D eigenvalue weighted by atomic mass is 9.46. The average Bonchev–Trinajstić information content (AvgIpc) is 2.28. The van der Waals surface area contributed by atoms with Crippen LogP contribution in [0.4, 0.5) is 0 Å². The maximum Gasteiger partial charge on any atom is 0.179 e. The zero-order chi connectivity index (χ0) is 12.9. The van der Waals surface area contributed by atoms with E-state index in [9.17, 15) is 4.79 Å². The van der Waals surface area contributed by atoms with E-state index in [4.69, 9.17) is 5.26 Å². The Kier molecular flexibility index (Phi) is 2.48. The van der Waals surface area contributed by atoms with Gasteiger partial charge in [-0.2, -0.15) is 5.26 Å². The maximum atomic E-state index is 12.4. The van der Waals surface area contributed by atoms with E-state index in [2.05, 4.69) is 25.2 Å². The highest BCUT2D eigenvalue weighted by Crippen LogP contribution is 2.59. The number of rotatable bonds is 0. The molecule has 1 N–H and O–H groups in total. The lowest BCUT2D eigenvalue weighted by Crippen LogP contribution is -2.61. The molecule has 0 saturated carbocycles. The molecule has 0 bridgehead atoms. The van der Waals surface area contributed by atoms with E-state index in [1.165, 1.54) is 0 Å². The van der Waals surface area contributed by atoms with Gasteiger partial charge in [-0.15, -0.1) is 0 Å². The summed E-state index contributed by atoms with van der Waals surface area (Å²) in [5.41, 5.74) is -0.334. The van der Waals surface area contributed by atoms with E-state index >= 15 is 0 Å². The summed E-state index contributed by atoms with van der Waals surface area (Å²) in [6.07, 6.45) is 2.87. The Bertz CT molecular complexity index is 444. The van der Waals surface area contributed by atoms with Crippen LogP contribution in [0.1, 0.15) is 34.1 Å². The fourth-order valence-electron chi connectivity index (χ4n) is 3.46. The summed E-state index contributed by atoms with van der Waals surface area (Å²) in [5, 5.41) is 12.5. The molecule has 3 nitrogen and oxygen atoms in total. The third-order valence-electron chi connectivity index (χ3n) is 5.33. The minimum Gasteiger partial charge on any atom is -0.316 e. The molecule has 0 aromatic heterocycles. The van der Waals surface area contributed by atoms with Crippen LogP contribution in [0.3, 0.4) is 0 Å². The smallest absolute Gasteiger partial charge is 0.179 e. The van der Waals surface area contributed by atoms with Crippen molar-refractivity contribution >= 4 is 5.78 Å². The van der Waals surface area contributed by atoms with E-state index in [-0.39, 0.29) is 16.6 Å². The largest absolute Gasteiger partial charge is 0.316 e. The zero-order valence-corrected chi connectivity index (χ0v) is 11.1. The molecule has 0 spiro atoms. The fraction of sp³-hybridized carbons (Fsp3) is 0.714. The summed E-state index contributed by atoms with van der Waals surface area (Å²) in [6, 6.07) is 2.07. The quantitative estimate of drug-likeness (QED) is 0.695. The number of fused-ring (bicyclic) bond motifs is 1. The van der Waals surface area contributed by atoms with Crippen molar-refractivity contribution in [1.29, 1.82) is 5.26 Å². The summed E-state index contributed by atoms with van der Waals surface area (Å²) in [4.78, 5) is 12.4. The highest BCUT2D eigenvalue weighted by atomic mass is 16.1. The number of nitrogens with zero attached hydrogens (tertiary/aromatic N) is 1. The number of carbonyl (C=O) groups is 1. The zero-order valence-electron chi connectivity index (χ0n) is 11.1. The van der Waals surface area contributed by atoms with Gasteiger partial charge in [0.15, 0.2) is 5.78 Å². The summed E-state index contributed by atoms with van der Waals surface area (Å²) in [5.74, 6) is 0.00174. The molecule has 0 unspecified atom stereocenters. The number of nitrogens with one attached hydrogen (secondary N) is 1. The Labute approximate surface area is 103 Å². The van der Waals surface area contributed by atoms with E-state index in [0.29, 0.717) is 5.57 Å². The Balaban J connectivity index is 2.65. The minimum absolute atomic E-state index is 0.00174. The average molecular weight is 232 g/mol. The molecule has 3 heteroatoms. The number of piperidine rings is 1. The predicted molar refractivity (Wildman–Crippen MR) is 66.2 cm³/mol. The van der Waals surface area contributed by atoms with Crippen molar-refractivity contribution in [3.8, 4) is 6.07 Å². The number of Topliss-reactive ketones (excluding diaryl/α,β-unsaturated/α-hetero) is 1. The molecule has 92 valence electrons. The number of ketones is 1. The molecule has 0 aromatic rings. The normalized spacial score (nSPS) is 40.2. The van der Waals surface area contributed by atoms with Gasteiger partial charge in [-0.3, -0.25) is 4.79 Å². The molecule has 1 heterocycles.